The van der Waals surface area contributed by atoms with Crippen molar-refractivity contribution in [1.82, 2.24) is 15.6 Å². The summed E-state index contributed by atoms with van der Waals surface area (Å²) in [5.74, 6) is -0.145. The number of aromatic nitrogens is 1. The summed E-state index contributed by atoms with van der Waals surface area (Å²) in [6.07, 6.45) is 3.36. The number of aryl methyl sites for hydroxylation is 1. The maximum absolute atomic E-state index is 11.8. The summed E-state index contributed by atoms with van der Waals surface area (Å²) < 4.78 is 6.17. The van der Waals surface area contributed by atoms with Crippen LogP contribution in [0.3, 0.4) is 0 Å². The van der Waals surface area contributed by atoms with E-state index in [-0.39, 0.29) is 30.5 Å². The van der Waals surface area contributed by atoms with Crippen LogP contribution < -0.4 is 10.6 Å². The molecular weight excluding hydrogens is 338 g/mol. The second kappa shape index (κ2) is 8.43. The second-order valence-corrected chi connectivity index (χ2v) is 6.63. The van der Waals surface area contributed by atoms with Crippen molar-refractivity contribution in [2.24, 2.45) is 0 Å². The molecule has 7 heteroatoms. The van der Waals surface area contributed by atoms with E-state index in [0.29, 0.717) is 6.54 Å². The van der Waals surface area contributed by atoms with Gasteiger partial charge in [-0.3, -0.25) is 9.59 Å². The van der Waals surface area contributed by atoms with Gasteiger partial charge in [-0.1, -0.05) is 12.1 Å². The Labute approximate surface area is 149 Å². The molecule has 3 aromatic rings. The minimum atomic E-state index is -0.311. The molecule has 0 saturated heterocycles. The van der Waals surface area contributed by atoms with E-state index in [9.17, 15) is 9.59 Å². The summed E-state index contributed by atoms with van der Waals surface area (Å²) >= 11 is 1.69. The number of carbonyl (C=O) groups excluding carboxylic acids is 2. The van der Waals surface area contributed by atoms with Gasteiger partial charge in [0.25, 0.3) is 5.91 Å². The molecule has 3 rings (SSSR count). The molecule has 0 saturated carbocycles. The average molecular weight is 357 g/mol. The van der Waals surface area contributed by atoms with Crippen molar-refractivity contribution in [3.8, 4) is 0 Å². The lowest BCUT2D eigenvalue weighted by atomic mass is 10.3. The number of nitrogens with zero attached hydrogens (tertiary/aromatic N) is 1. The SMILES string of the molecule is O=C(CCNC(=O)c1ccco1)NCCCc1nc2ccccc2s1. The normalized spacial score (nSPS) is 10.7. The lowest BCUT2D eigenvalue weighted by Crippen LogP contribution is -2.31. The Morgan fingerprint density at radius 3 is 2.76 bits per heavy atom. The third-order valence-electron chi connectivity index (χ3n) is 3.61. The van der Waals surface area contributed by atoms with E-state index in [4.69, 9.17) is 4.42 Å². The first-order valence-corrected chi connectivity index (χ1v) is 8.97. The molecule has 0 unspecified atom stereocenters. The van der Waals surface area contributed by atoms with Gasteiger partial charge in [-0.05, 0) is 30.7 Å². The number of furan rings is 1. The Balaban J connectivity index is 1.30. The van der Waals surface area contributed by atoms with Gasteiger partial charge in [0.2, 0.25) is 5.91 Å². The van der Waals surface area contributed by atoms with Crippen LogP contribution in [0.2, 0.25) is 0 Å². The maximum Gasteiger partial charge on any atom is 0.286 e. The summed E-state index contributed by atoms with van der Waals surface area (Å²) in [5, 5.41) is 6.59. The number of thiazole rings is 1. The Kier molecular flexibility index (Phi) is 5.79. The Bertz CT molecular complexity index is 809. The Morgan fingerprint density at radius 1 is 1.08 bits per heavy atom. The molecule has 0 radical (unpaired) electrons. The summed E-state index contributed by atoms with van der Waals surface area (Å²) in [4.78, 5) is 28.0. The largest absolute Gasteiger partial charge is 0.459 e. The van der Waals surface area contributed by atoms with Crippen LogP contribution in [-0.2, 0) is 11.2 Å². The van der Waals surface area contributed by atoms with E-state index in [0.717, 1.165) is 23.4 Å². The van der Waals surface area contributed by atoms with Gasteiger partial charge in [0.15, 0.2) is 5.76 Å². The summed E-state index contributed by atoms with van der Waals surface area (Å²) in [6, 6.07) is 11.3. The highest BCUT2D eigenvalue weighted by Crippen LogP contribution is 2.22. The van der Waals surface area contributed by atoms with E-state index in [1.165, 1.54) is 11.0 Å². The number of amides is 2. The first kappa shape index (κ1) is 17.2. The van der Waals surface area contributed by atoms with Crippen molar-refractivity contribution in [3.05, 3.63) is 53.4 Å². The van der Waals surface area contributed by atoms with E-state index in [1.54, 1.807) is 23.5 Å². The molecule has 2 amide bonds. The van der Waals surface area contributed by atoms with Crippen LogP contribution in [-0.4, -0.2) is 29.9 Å². The molecule has 0 fully saturated rings. The van der Waals surface area contributed by atoms with Gasteiger partial charge >= 0.3 is 0 Å². The average Bonchev–Trinajstić information content (AvgIpc) is 3.27. The zero-order chi connectivity index (χ0) is 17.5. The van der Waals surface area contributed by atoms with Gasteiger partial charge < -0.3 is 15.1 Å². The van der Waals surface area contributed by atoms with Crippen molar-refractivity contribution in [3.63, 3.8) is 0 Å². The van der Waals surface area contributed by atoms with Gasteiger partial charge in [0.1, 0.15) is 0 Å². The first-order valence-electron chi connectivity index (χ1n) is 8.15. The quantitative estimate of drug-likeness (QED) is 0.607. The van der Waals surface area contributed by atoms with Crippen molar-refractivity contribution in [2.45, 2.75) is 19.3 Å². The van der Waals surface area contributed by atoms with E-state index in [2.05, 4.69) is 21.7 Å². The van der Waals surface area contributed by atoms with E-state index in [1.807, 2.05) is 18.2 Å². The van der Waals surface area contributed by atoms with Crippen LogP contribution in [0.25, 0.3) is 10.2 Å². The number of benzene rings is 1. The molecule has 1 aromatic carbocycles. The number of para-hydroxylation sites is 1. The smallest absolute Gasteiger partial charge is 0.286 e. The molecule has 2 heterocycles. The van der Waals surface area contributed by atoms with Crippen molar-refractivity contribution < 1.29 is 14.0 Å². The van der Waals surface area contributed by atoms with Crippen LogP contribution in [0.5, 0.6) is 0 Å². The highest BCUT2D eigenvalue weighted by Gasteiger charge is 2.08. The zero-order valence-electron chi connectivity index (χ0n) is 13.7. The molecule has 130 valence electrons. The maximum atomic E-state index is 11.8. The molecule has 2 N–H and O–H groups in total. The molecule has 25 heavy (non-hydrogen) atoms. The summed E-state index contributed by atoms with van der Waals surface area (Å²) in [7, 11) is 0. The van der Waals surface area contributed by atoms with Gasteiger partial charge in [-0.25, -0.2) is 4.98 Å². The third kappa shape index (κ3) is 4.90. The topological polar surface area (TPSA) is 84.2 Å². The van der Waals surface area contributed by atoms with Gasteiger partial charge in [0.05, 0.1) is 21.5 Å². The van der Waals surface area contributed by atoms with Gasteiger partial charge in [-0.15, -0.1) is 11.3 Å². The Hall–Kier alpha value is -2.67. The van der Waals surface area contributed by atoms with Crippen LogP contribution in [0.1, 0.15) is 28.4 Å². The lowest BCUT2D eigenvalue weighted by Gasteiger charge is -2.05. The van der Waals surface area contributed by atoms with Crippen LogP contribution in [0, 0.1) is 0 Å². The number of hydrogen-bond donors (Lipinski definition) is 2. The molecule has 6 nitrogen and oxygen atoms in total. The van der Waals surface area contributed by atoms with E-state index < -0.39 is 0 Å². The van der Waals surface area contributed by atoms with Crippen LogP contribution >= 0.6 is 11.3 Å². The van der Waals surface area contributed by atoms with Crippen LogP contribution in [0.15, 0.2) is 47.1 Å². The lowest BCUT2D eigenvalue weighted by molar-refractivity contribution is -0.120. The Morgan fingerprint density at radius 2 is 1.96 bits per heavy atom. The van der Waals surface area contributed by atoms with E-state index >= 15 is 0 Å². The summed E-state index contributed by atoms with van der Waals surface area (Å²) in [5.41, 5.74) is 1.03. The predicted molar refractivity (Wildman–Crippen MR) is 96.6 cm³/mol. The molecule has 0 atom stereocenters. The number of hydrogen-bond acceptors (Lipinski definition) is 5. The fourth-order valence-corrected chi connectivity index (χ4v) is 3.38. The fourth-order valence-electron chi connectivity index (χ4n) is 2.37. The number of rotatable bonds is 8. The fraction of sp³-hybridized carbons (Fsp3) is 0.278. The van der Waals surface area contributed by atoms with Crippen molar-refractivity contribution in [1.29, 1.82) is 0 Å². The number of carbonyl (C=O) groups is 2. The molecule has 0 aliphatic heterocycles. The first-order chi connectivity index (χ1) is 12.2. The third-order valence-corrected chi connectivity index (χ3v) is 4.71. The van der Waals surface area contributed by atoms with Crippen molar-refractivity contribution >= 4 is 33.4 Å². The minimum Gasteiger partial charge on any atom is -0.459 e. The number of nitrogens with one attached hydrogen (secondary N) is 2. The summed E-state index contributed by atoms with van der Waals surface area (Å²) in [6.45, 7) is 0.879. The number of fused-ring (bicyclic) bond motifs is 1. The highest BCUT2D eigenvalue weighted by molar-refractivity contribution is 7.18. The van der Waals surface area contributed by atoms with Gasteiger partial charge in [0, 0.05) is 25.9 Å². The highest BCUT2D eigenvalue weighted by atomic mass is 32.1. The van der Waals surface area contributed by atoms with Crippen LogP contribution in [0.4, 0.5) is 0 Å². The monoisotopic (exact) mass is 357 g/mol. The molecule has 0 spiro atoms. The molecule has 0 bridgehead atoms. The standard InChI is InChI=1S/C18H19N3O3S/c22-16(9-11-20-18(23)14-6-4-12-24-14)19-10-3-8-17-21-13-5-1-2-7-15(13)25-17/h1-2,4-7,12H,3,8-11H2,(H,19,22)(H,20,23). The predicted octanol–water partition coefficient (Wildman–Crippen LogP) is 2.76. The van der Waals surface area contributed by atoms with Gasteiger partial charge in [-0.2, -0.15) is 0 Å². The zero-order valence-corrected chi connectivity index (χ0v) is 14.5. The molecule has 0 aliphatic rings. The second-order valence-electron chi connectivity index (χ2n) is 5.51. The molecule has 0 aliphatic carbocycles. The molecular formula is C18H19N3O3S. The van der Waals surface area contributed by atoms with Crippen molar-refractivity contribution in [2.75, 3.05) is 13.1 Å². The molecule has 2 aromatic heterocycles. The minimum absolute atomic E-state index is 0.0796.